The van der Waals surface area contributed by atoms with Crippen molar-refractivity contribution < 1.29 is 24.2 Å². The number of carbonyl (C=O) groups is 2. The molecule has 0 saturated carbocycles. The molecule has 7 heteroatoms. The first-order valence-corrected chi connectivity index (χ1v) is 10.4. The standard InChI is InChI=1S/C26H24N2O5/c1-15-8-7-10-20(16(15)2)28-23(19-9-5-6-13-27-19)22(25(30)26(28)31)24(29)18-12-11-17(32-3)14-21(18)33-4/h5-14,23,29H,1-4H3/b24-22+. The number of amides is 1. The largest absolute Gasteiger partial charge is 0.507 e. The van der Waals surface area contributed by atoms with Crippen molar-refractivity contribution in [1.82, 2.24) is 4.98 Å². The Morgan fingerprint density at radius 3 is 2.45 bits per heavy atom. The van der Waals surface area contributed by atoms with Crippen LogP contribution in [0.2, 0.25) is 0 Å². The van der Waals surface area contributed by atoms with E-state index in [9.17, 15) is 14.7 Å². The summed E-state index contributed by atoms with van der Waals surface area (Å²) in [5.74, 6) is -1.02. The lowest BCUT2D eigenvalue weighted by molar-refractivity contribution is -0.132. The fourth-order valence-corrected chi connectivity index (χ4v) is 4.03. The van der Waals surface area contributed by atoms with E-state index in [0.29, 0.717) is 22.9 Å². The molecule has 2 aromatic carbocycles. The zero-order chi connectivity index (χ0) is 23.7. The number of pyridine rings is 1. The Labute approximate surface area is 191 Å². The first-order chi connectivity index (χ1) is 15.9. The number of carbonyl (C=O) groups excluding carboxylic acids is 2. The lowest BCUT2D eigenvalue weighted by atomic mass is 9.97. The number of hydrogen-bond acceptors (Lipinski definition) is 6. The molecule has 1 unspecified atom stereocenters. The minimum Gasteiger partial charge on any atom is -0.507 e. The first-order valence-electron chi connectivity index (χ1n) is 10.4. The molecule has 168 valence electrons. The summed E-state index contributed by atoms with van der Waals surface area (Å²) in [4.78, 5) is 32.4. The highest BCUT2D eigenvalue weighted by molar-refractivity contribution is 6.51. The topological polar surface area (TPSA) is 89.0 Å². The van der Waals surface area contributed by atoms with Gasteiger partial charge in [-0.05, 0) is 55.3 Å². The van der Waals surface area contributed by atoms with Crippen molar-refractivity contribution in [2.24, 2.45) is 0 Å². The van der Waals surface area contributed by atoms with Crippen molar-refractivity contribution in [3.63, 3.8) is 0 Å². The number of hydrogen-bond donors (Lipinski definition) is 1. The Morgan fingerprint density at radius 2 is 1.79 bits per heavy atom. The average Bonchev–Trinajstić information content (AvgIpc) is 3.10. The monoisotopic (exact) mass is 444 g/mol. The summed E-state index contributed by atoms with van der Waals surface area (Å²) >= 11 is 0. The predicted octanol–water partition coefficient (Wildman–Crippen LogP) is 4.34. The number of aromatic nitrogens is 1. The molecule has 1 saturated heterocycles. The number of aliphatic hydroxyl groups is 1. The summed E-state index contributed by atoms with van der Waals surface area (Å²) in [7, 11) is 2.97. The molecule has 0 spiro atoms. The Balaban J connectivity index is 1.99. The van der Waals surface area contributed by atoms with Crippen LogP contribution in [0.3, 0.4) is 0 Å². The van der Waals surface area contributed by atoms with Gasteiger partial charge in [0, 0.05) is 18.0 Å². The van der Waals surface area contributed by atoms with E-state index in [1.807, 2.05) is 26.0 Å². The number of nitrogens with zero attached hydrogens (tertiary/aromatic N) is 2. The van der Waals surface area contributed by atoms with E-state index < -0.39 is 17.7 Å². The van der Waals surface area contributed by atoms with Crippen LogP contribution >= 0.6 is 0 Å². The van der Waals surface area contributed by atoms with Gasteiger partial charge in [0.1, 0.15) is 23.3 Å². The number of rotatable bonds is 5. The Kier molecular flexibility index (Phi) is 5.87. The second-order valence-electron chi connectivity index (χ2n) is 7.71. The second kappa shape index (κ2) is 8.78. The Bertz CT molecular complexity index is 1270. The Morgan fingerprint density at radius 1 is 1.00 bits per heavy atom. The molecule has 2 heterocycles. The minimum atomic E-state index is -0.904. The highest BCUT2D eigenvalue weighted by Crippen LogP contribution is 2.44. The summed E-state index contributed by atoms with van der Waals surface area (Å²) in [5.41, 5.74) is 3.12. The molecular formula is C26H24N2O5. The molecule has 1 aromatic heterocycles. The molecule has 0 aliphatic carbocycles. The maximum atomic E-state index is 13.3. The van der Waals surface area contributed by atoms with Gasteiger partial charge in [0.2, 0.25) is 0 Å². The molecule has 1 aliphatic rings. The first kappa shape index (κ1) is 22.1. The van der Waals surface area contributed by atoms with E-state index in [1.165, 1.54) is 19.1 Å². The van der Waals surface area contributed by atoms with Crippen LogP contribution in [0.15, 0.2) is 66.4 Å². The van der Waals surface area contributed by atoms with Crippen molar-refractivity contribution in [3.05, 3.63) is 88.8 Å². The van der Waals surface area contributed by atoms with Crippen molar-refractivity contribution in [2.45, 2.75) is 19.9 Å². The number of aliphatic hydroxyl groups excluding tert-OH is 1. The lowest BCUT2D eigenvalue weighted by Gasteiger charge is -2.26. The molecule has 1 atom stereocenters. The summed E-state index contributed by atoms with van der Waals surface area (Å²) in [6.45, 7) is 3.83. The smallest absolute Gasteiger partial charge is 0.300 e. The molecule has 33 heavy (non-hydrogen) atoms. The normalized spacial score (nSPS) is 17.3. The summed E-state index contributed by atoms with van der Waals surface area (Å²) in [6, 6.07) is 14.8. The van der Waals surface area contributed by atoms with Crippen LogP contribution in [0, 0.1) is 13.8 Å². The molecule has 0 bridgehead atoms. The van der Waals surface area contributed by atoms with E-state index in [1.54, 1.807) is 48.7 Å². The maximum Gasteiger partial charge on any atom is 0.300 e. The molecule has 0 radical (unpaired) electrons. The van der Waals surface area contributed by atoms with E-state index in [-0.39, 0.29) is 16.9 Å². The fourth-order valence-electron chi connectivity index (χ4n) is 4.03. The van der Waals surface area contributed by atoms with Gasteiger partial charge in [0.15, 0.2) is 0 Å². The van der Waals surface area contributed by atoms with Crippen LogP contribution in [0.25, 0.3) is 5.76 Å². The fraction of sp³-hybridized carbons (Fsp3) is 0.192. The van der Waals surface area contributed by atoms with Crippen LogP contribution in [0.4, 0.5) is 5.69 Å². The second-order valence-corrected chi connectivity index (χ2v) is 7.71. The summed E-state index contributed by atoms with van der Waals surface area (Å²) in [5, 5.41) is 11.3. The van der Waals surface area contributed by atoms with Crippen molar-refractivity contribution >= 4 is 23.1 Å². The SMILES string of the molecule is COc1ccc(/C(O)=C2\C(=O)C(=O)N(c3cccc(C)c3C)C2c2ccccn2)c(OC)c1. The van der Waals surface area contributed by atoms with E-state index in [2.05, 4.69) is 4.98 Å². The molecule has 4 rings (SSSR count). The molecule has 1 aliphatic heterocycles. The van der Waals surface area contributed by atoms with Gasteiger partial charge >= 0.3 is 0 Å². The zero-order valence-electron chi connectivity index (χ0n) is 18.8. The quantitative estimate of drug-likeness (QED) is 0.358. The zero-order valence-corrected chi connectivity index (χ0v) is 18.8. The number of Topliss-reactive ketones (excluding diaryl/α,β-unsaturated/α-hetero) is 1. The lowest BCUT2D eigenvalue weighted by Crippen LogP contribution is -2.30. The third-order valence-electron chi connectivity index (χ3n) is 5.91. The van der Waals surface area contributed by atoms with Crippen molar-refractivity contribution in [3.8, 4) is 11.5 Å². The number of methoxy groups -OCH3 is 2. The van der Waals surface area contributed by atoms with Gasteiger partial charge in [0.05, 0.1) is 31.1 Å². The number of aryl methyl sites for hydroxylation is 1. The van der Waals surface area contributed by atoms with Crippen LogP contribution < -0.4 is 14.4 Å². The van der Waals surface area contributed by atoms with Crippen molar-refractivity contribution in [2.75, 3.05) is 19.1 Å². The molecular weight excluding hydrogens is 420 g/mol. The van der Waals surface area contributed by atoms with Crippen LogP contribution in [0.5, 0.6) is 11.5 Å². The molecule has 7 nitrogen and oxygen atoms in total. The van der Waals surface area contributed by atoms with Crippen LogP contribution in [-0.4, -0.2) is 36.0 Å². The molecule has 1 fully saturated rings. The highest BCUT2D eigenvalue weighted by Gasteiger charge is 2.48. The van der Waals surface area contributed by atoms with Gasteiger partial charge in [-0.1, -0.05) is 18.2 Å². The van der Waals surface area contributed by atoms with Gasteiger partial charge in [-0.2, -0.15) is 0 Å². The van der Waals surface area contributed by atoms with E-state index >= 15 is 0 Å². The van der Waals surface area contributed by atoms with Gasteiger partial charge in [-0.25, -0.2) is 0 Å². The average molecular weight is 444 g/mol. The van der Waals surface area contributed by atoms with E-state index in [4.69, 9.17) is 9.47 Å². The number of ketones is 1. The van der Waals surface area contributed by atoms with Gasteiger partial charge in [-0.3, -0.25) is 19.5 Å². The third-order valence-corrected chi connectivity index (χ3v) is 5.91. The predicted molar refractivity (Wildman–Crippen MR) is 124 cm³/mol. The molecule has 1 N–H and O–H groups in total. The summed E-state index contributed by atoms with van der Waals surface area (Å²) < 4.78 is 10.6. The number of ether oxygens (including phenoxy) is 2. The number of anilines is 1. The summed E-state index contributed by atoms with van der Waals surface area (Å²) in [6.07, 6.45) is 1.59. The van der Waals surface area contributed by atoms with Gasteiger partial charge in [0.25, 0.3) is 11.7 Å². The maximum absolute atomic E-state index is 13.3. The minimum absolute atomic E-state index is 0.0527. The van der Waals surface area contributed by atoms with Crippen LogP contribution in [0.1, 0.15) is 28.4 Å². The third kappa shape index (κ3) is 3.71. The van der Waals surface area contributed by atoms with Gasteiger partial charge in [-0.15, -0.1) is 0 Å². The Hall–Kier alpha value is -4.13. The van der Waals surface area contributed by atoms with Crippen molar-refractivity contribution in [1.29, 1.82) is 0 Å². The highest BCUT2D eigenvalue weighted by atomic mass is 16.5. The molecule has 1 amide bonds. The molecule has 3 aromatic rings. The number of benzene rings is 2. The van der Waals surface area contributed by atoms with Gasteiger partial charge < -0.3 is 14.6 Å². The van der Waals surface area contributed by atoms with E-state index in [0.717, 1.165) is 11.1 Å². The van der Waals surface area contributed by atoms with Crippen LogP contribution in [-0.2, 0) is 9.59 Å².